The number of carbonyl (C=O) groups excluding carboxylic acids is 4. The van der Waals surface area contributed by atoms with Gasteiger partial charge in [-0.15, -0.1) is 0 Å². The minimum Gasteiger partial charge on any atom is 1.00 e. The summed E-state index contributed by atoms with van der Waals surface area (Å²) in [4.78, 5) is 38.5. The molecule has 0 N–H and O–H groups in total. The minimum absolute atomic E-state index is 0. The zero-order chi connectivity index (χ0) is 16.4. The first-order chi connectivity index (χ1) is 9.75. The Kier molecular flexibility index (Phi) is 25.3. The molecule has 0 atom stereocenters. The van der Waals surface area contributed by atoms with Gasteiger partial charge < -0.3 is 34.8 Å². The van der Waals surface area contributed by atoms with Crippen molar-refractivity contribution >= 4 is 87.1 Å². The summed E-state index contributed by atoms with van der Waals surface area (Å²) in [7, 11) is 0. The van der Waals surface area contributed by atoms with Gasteiger partial charge in [0.15, 0.2) is 0 Å². The maximum absolute atomic E-state index is 10.3. The van der Waals surface area contributed by atoms with Gasteiger partial charge in [-0.2, -0.15) is 0 Å². The molecule has 1 heterocycles. The van der Waals surface area contributed by atoms with Gasteiger partial charge in [-0.25, -0.2) is 0 Å². The Morgan fingerprint density at radius 3 is 1.21 bits per heavy atom. The molecule has 2 radical (unpaired) electrons. The summed E-state index contributed by atoms with van der Waals surface area (Å²) >= 11 is -1.16. The van der Waals surface area contributed by atoms with Gasteiger partial charge in [-0.3, -0.25) is 0 Å². The molecular weight excluding hydrogens is 573 g/mol. The Labute approximate surface area is 223 Å². The van der Waals surface area contributed by atoms with Crippen LogP contribution >= 0.6 is 0 Å². The van der Waals surface area contributed by atoms with E-state index in [4.69, 9.17) is 15.0 Å². The van der Waals surface area contributed by atoms with Gasteiger partial charge in [-0.1, -0.05) is 24.3 Å². The molecule has 1 aliphatic rings. The molecule has 0 amide bonds. The molecule has 10 nitrogen and oxygen atoms in total. The average molecular weight is 577 g/mol. The molecule has 0 aromatic heterocycles. The van der Waals surface area contributed by atoms with Crippen LogP contribution in [-0.4, -0.2) is 87.1 Å². The van der Waals surface area contributed by atoms with Gasteiger partial charge in [-0.05, 0) is 6.16 Å². The normalized spacial score (nSPS) is 9.58. The zero-order valence-electron chi connectivity index (χ0n) is 12.6. The second kappa shape index (κ2) is 18.7. The number of hydrogen-bond acceptors (Lipinski definition) is 10. The third-order valence-electron chi connectivity index (χ3n) is 1.62. The fourth-order valence-corrected chi connectivity index (χ4v) is 1.50. The van der Waals surface area contributed by atoms with Gasteiger partial charge in [0.2, 0.25) is 0 Å². The number of benzene rings is 1. The van der Waals surface area contributed by atoms with Gasteiger partial charge in [0, 0.05) is 11.1 Å². The second-order valence-corrected chi connectivity index (χ2v) is 5.14. The number of aromatic carboxylic acids is 2. The average Bonchev–Trinajstić information content (AvgIpc) is 2.36. The Bertz CT molecular complexity index is 513. The minimum atomic E-state index is -2.33. The molecule has 1 aromatic carbocycles. The molecular formula is C10H4CaNa2O10Pb. The molecule has 14 heteroatoms. The Balaban J connectivity index is -0.000000141. The number of hydrogen-bond donors (Lipinski definition) is 0. The van der Waals surface area contributed by atoms with E-state index in [2.05, 4.69) is 5.37 Å². The molecule has 1 aliphatic heterocycles. The predicted molar refractivity (Wildman–Crippen MR) is 59.6 cm³/mol. The van der Waals surface area contributed by atoms with Crippen LogP contribution in [0, 0.1) is 0 Å². The van der Waals surface area contributed by atoms with E-state index in [1.54, 1.807) is 0 Å². The van der Waals surface area contributed by atoms with Crippen LogP contribution in [0.25, 0.3) is 0 Å². The van der Waals surface area contributed by atoms with Crippen LogP contribution in [0.1, 0.15) is 20.7 Å². The summed E-state index contributed by atoms with van der Waals surface area (Å²) < 4.78 is 8.53. The summed E-state index contributed by atoms with van der Waals surface area (Å²) in [5.74, 6) is -3.04. The topological polar surface area (TPSA) is 179 Å². The van der Waals surface area contributed by atoms with Crippen LogP contribution < -0.4 is 79.5 Å². The number of carboxylic acid groups (broad SMARTS) is 4. The SMILES string of the molecule is O=C([O-])[O-].O=C([O-])c1ccccc1C(=O)[O-].O=C1[O][Pb][O]1.[Ca+2].[Na+].[Na+]. The zero-order valence-corrected chi connectivity index (χ0v) is 22.7. The van der Waals surface area contributed by atoms with Crippen LogP contribution in [0.5, 0.6) is 0 Å². The molecule has 1 fully saturated rings. The van der Waals surface area contributed by atoms with E-state index in [0.717, 1.165) is 12.1 Å². The van der Waals surface area contributed by atoms with E-state index < -0.39 is 49.4 Å². The van der Waals surface area contributed by atoms with Crippen molar-refractivity contribution in [2.75, 3.05) is 0 Å². The van der Waals surface area contributed by atoms with E-state index in [9.17, 15) is 24.6 Å². The van der Waals surface area contributed by atoms with E-state index in [-0.39, 0.29) is 108 Å². The van der Waals surface area contributed by atoms with Crippen molar-refractivity contribution in [3.63, 3.8) is 0 Å². The van der Waals surface area contributed by atoms with Crippen molar-refractivity contribution in [1.82, 2.24) is 0 Å². The number of carboxylic acids is 2. The van der Waals surface area contributed by atoms with Gasteiger partial charge >= 0.3 is 138 Å². The van der Waals surface area contributed by atoms with Crippen LogP contribution in [0.3, 0.4) is 0 Å². The Hall–Kier alpha value is 0.882. The smallest absolute Gasteiger partial charge is 1.00 e. The van der Waals surface area contributed by atoms with Crippen LogP contribution in [0.15, 0.2) is 24.3 Å². The summed E-state index contributed by atoms with van der Waals surface area (Å²) in [6.07, 6.45) is -2.81. The molecule has 0 aliphatic carbocycles. The molecule has 0 saturated carbocycles. The first-order valence-electron chi connectivity index (χ1n) is 4.78. The van der Waals surface area contributed by atoms with E-state index in [0.29, 0.717) is 0 Å². The quantitative estimate of drug-likeness (QED) is 0.307. The van der Waals surface area contributed by atoms with Crippen LogP contribution in [0.2, 0.25) is 0 Å². The largest absolute Gasteiger partial charge is 2.00 e. The van der Waals surface area contributed by atoms with Gasteiger partial charge in [0.1, 0.15) is 0 Å². The molecule has 1 saturated heterocycles. The van der Waals surface area contributed by atoms with Crippen molar-refractivity contribution in [2.24, 2.45) is 0 Å². The summed E-state index contributed by atoms with van der Waals surface area (Å²) in [6, 6.07) is 5.14. The first kappa shape index (κ1) is 32.5. The van der Waals surface area contributed by atoms with Crippen LogP contribution in [-0.2, 0) is 5.37 Å². The number of rotatable bonds is 2. The molecule has 0 spiro atoms. The summed E-state index contributed by atoms with van der Waals surface area (Å²) in [5.41, 5.74) is -0.727. The van der Waals surface area contributed by atoms with E-state index in [1.165, 1.54) is 12.1 Å². The van der Waals surface area contributed by atoms with Crippen molar-refractivity contribution in [1.29, 1.82) is 0 Å². The van der Waals surface area contributed by atoms with Crippen molar-refractivity contribution in [3.8, 4) is 0 Å². The standard InChI is InChI=1S/C8H6O4.2CH2O3.Ca.2Na.Pb/c9-7(10)5-3-1-2-4-6(5)8(11)12;2*2-1(3)4;;;;/h1-4H,(H,9,10)(H,11,12);2*(H2,2,3,4);;;;/q;;;+2;2*+1;+2/p-6. The monoisotopic (exact) mass is 578 g/mol. The third kappa shape index (κ3) is 16.4. The summed E-state index contributed by atoms with van der Waals surface area (Å²) in [5, 5.41) is 37.3. The van der Waals surface area contributed by atoms with E-state index in [1.807, 2.05) is 0 Å². The van der Waals surface area contributed by atoms with Crippen LogP contribution in [0.4, 0.5) is 9.59 Å². The molecule has 2 rings (SSSR count). The second-order valence-electron chi connectivity index (χ2n) is 2.91. The Morgan fingerprint density at radius 2 is 1.08 bits per heavy atom. The van der Waals surface area contributed by atoms with Crippen molar-refractivity contribution in [2.45, 2.75) is 0 Å². The summed E-state index contributed by atoms with van der Waals surface area (Å²) in [6.45, 7) is 0. The molecule has 0 bridgehead atoms. The fourth-order valence-electron chi connectivity index (χ4n) is 0.915. The molecule has 24 heavy (non-hydrogen) atoms. The first-order valence-corrected chi connectivity index (χ1v) is 7.95. The predicted octanol–water partition coefficient (Wildman–Crippen LogP) is -10.7. The molecule has 112 valence electrons. The molecule has 0 unspecified atom stereocenters. The number of carbonyl (C=O) groups is 4. The van der Waals surface area contributed by atoms with Gasteiger partial charge in [0.25, 0.3) is 0 Å². The maximum Gasteiger partial charge on any atom is 2.00 e. The van der Waals surface area contributed by atoms with Crippen molar-refractivity contribution < 1.29 is 104 Å². The van der Waals surface area contributed by atoms with Gasteiger partial charge in [0.05, 0.1) is 11.9 Å². The Morgan fingerprint density at radius 1 is 0.833 bits per heavy atom. The molecule has 1 aromatic rings. The van der Waals surface area contributed by atoms with Crippen molar-refractivity contribution in [3.05, 3.63) is 35.4 Å². The third-order valence-corrected chi connectivity index (χ3v) is 3.56. The van der Waals surface area contributed by atoms with E-state index >= 15 is 0 Å². The fraction of sp³-hybridized carbons (Fsp3) is 0. The maximum atomic E-state index is 10.3.